The van der Waals surface area contributed by atoms with Crippen LogP contribution in [-0.2, 0) is 9.47 Å². The lowest BCUT2D eigenvalue weighted by Gasteiger charge is -2.28. The van der Waals surface area contributed by atoms with E-state index in [2.05, 4.69) is 0 Å². The molecular weight excluding hydrogens is 198 g/mol. The summed E-state index contributed by atoms with van der Waals surface area (Å²) in [5.74, 6) is 0. The zero-order valence-electron chi connectivity index (χ0n) is 10.1. The number of ether oxygens (including phenoxy) is 2. The Hall–Kier alpha value is -0.810. The minimum Gasteiger partial charge on any atom is -0.444 e. The normalized spacial score (nSPS) is 13.5. The quantitative estimate of drug-likeness (QED) is 0.722. The Morgan fingerprint density at radius 2 is 2.00 bits per heavy atom. The summed E-state index contributed by atoms with van der Waals surface area (Å²) in [6, 6.07) is 0. The van der Waals surface area contributed by atoms with E-state index in [0.717, 1.165) is 0 Å². The Bertz CT molecular complexity index is 200. The minimum absolute atomic E-state index is 0.0630. The Morgan fingerprint density at radius 1 is 1.47 bits per heavy atom. The van der Waals surface area contributed by atoms with Gasteiger partial charge in [-0.25, -0.2) is 4.79 Å². The fourth-order valence-corrected chi connectivity index (χ4v) is 0.817. The lowest BCUT2D eigenvalue weighted by Crippen LogP contribution is -2.40. The van der Waals surface area contributed by atoms with Crippen molar-refractivity contribution in [1.82, 2.24) is 4.90 Å². The molecular formula is C10H21NO4. The lowest BCUT2D eigenvalue weighted by molar-refractivity contribution is -0.0564. The molecule has 0 heterocycles. The topological polar surface area (TPSA) is 59.0 Å². The highest BCUT2D eigenvalue weighted by Crippen LogP contribution is 2.10. The number of amides is 1. The van der Waals surface area contributed by atoms with Crippen LogP contribution in [0.5, 0.6) is 0 Å². The van der Waals surface area contributed by atoms with Gasteiger partial charge in [-0.2, -0.15) is 0 Å². The minimum atomic E-state index is -0.512. The predicted molar refractivity (Wildman–Crippen MR) is 56.5 cm³/mol. The van der Waals surface area contributed by atoms with Crippen LogP contribution in [0.3, 0.4) is 0 Å². The van der Waals surface area contributed by atoms with Gasteiger partial charge in [0.15, 0.2) is 0 Å². The third-order valence-electron chi connectivity index (χ3n) is 1.68. The first-order chi connectivity index (χ1) is 6.78. The summed E-state index contributed by atoms with van der Waals surface area (Å²) >= 11 is 0. The van der Waals surface area contributed by atoms with Gasteiger partial charge in [0, 0.05) is 7.05 Å². The number of rotatable bonds is 4. The summed E-state index contributed by atoms with van der Waals surface area (Å²) in [7, 11) is 1.59. The maximum atomic E-state index is 11.5. The van der Waals surface area contributed by atoms with Crippen LogP contribution in [0, 0.1) is 0 Å². The number of aliphatic hydroxyl groups excluding tert-OH is 1. The van der Waals surface area contributed by atoms with E-state index >= 15 is 0 Å². The smallest absolute Gasteiger partial charge is 0.412 e. The molecule has 0 aliphatic carbocycles. The van der Waals surface area contributed by atoms with Gasteiger partial charge < -0.3 is 14.6 Å². The fourth-order valence-electron chi connectivity index (χ4n) is 0.817. The molecule has 0 rings (SSSR count). The van der Waals surface area contributed by atoms with Gasteiger partial charge in [-0.3, -0.25) is 4.90 Å². The summed E-state index contributed by atoms with van der Waals surface area (Å²) in [5, 5.41) is 8.56. The number of hydrogen-bond donors (Lipinski definition) is 1. The molecule has 1 atom stereocenters. The standard InChI is InChI=1S/C10H21NO4/c1-8(14-7-6-12)11(5)9(13)15-10(2,3)4/h8,12H,6-7H2,1-5H3. The third kappa shape index (κ3) is 6.30. The van der Waals surface area contributed by atoms with Crippen LogP contribution in [0.15, 0.2) is 0 Å². The van der Waals surface area contributed by atoms with Crippen LogP contribution in [0.2, 0.25) is 0 Å². The SMILES string of the molecule is CC(OCCO)N(C)C(=O)OC(C)(C)C. The Labute approximate surface area is 91.0 Å². The van der Waals surface area contributed by atoms with Crippen LogP contribution >= 0.6 is 0 Å². The summed E-state index contributed by atoms with van der Waals surface area (Å²) in [4.78, 5) is 12.9. The highest BCUT2D eigenvalue weighted by molar-refractivity contribution is 5.67. The first-order valence-electron chi connectivity index (χ1n) is 4.96. The van der Waals surface area contributed by atoms with Crippen molar-refractivity contribution in [2.24, 2.45) is 0 Å². The second-order valence-corrected chi connectivity index (χ2v) is 4.28. The Balaban J connectivity index is 4.08. The number of carbonyl (C=O) groups is 1. The number of hydrogen-bond acceptors (Lipinski definition) is 4. The van der Waals surface area contributed by atoms with Crippen molar-refractivity contribution >= 4 is 6.09 Å². The van der Waals surface area contributed by atoms with Crippen LogP contribution in [0.25, 0.3) is 0 Å². The lowest BCUT2D eigenvalue weighted by atomic mass is 10.2. The molecule has 0 saturated heterocycles. The van der Waals surface area contributed by atoms with E-state index in [4.69, 9.17) is 14.6 Å². The van der Waals surface area contributed by atoms with Crippen LogP contribution < -0.4 is 0 Å². The molecule has 15 heavy (non-hydrogen) atoms. The fraction of sp³-hybridized carbons (Fsp3) is 0.900. The second kappa shape index (κ2) is 5.92. The van der Waals surface area contributed by atoms with Crippen molar-refractivity contribution in [2.75, 3.05) is 20.3 Å². The average Bonchev–Trinajstić information content (AvgIpc) is 2.10. The summed E-state index contributed by atoms with van der Waals surface area (Å²) in [5.41, 5.74) is -0.512. The van der Waals surface area contributed by atoms with Crippen molar-refractivity contribution in [3.8, 4) is 0 Å². The van der Waals surface area contributed by atoms with Gasteiger partial charge in [0.25, 0.3) is 0 Å². The van der Waals surface area contributed by atoms with Crippen molar-refractivity contribution in [1.29, 1.82) is 0 Å². The molecule has 90 valence electrons. The van der Waals surface area contributed by atoms with Gasteiger partial charge in [-0.05, 0) is 27.7 Å². The maximum absolute atomic E-state index is 11.5. The van der Waals surface area contributed by atoms with E-state index in [1.54, 1.807) is 34.7 Å². The molecule has 0 fully saturated rings. The number of nitrogens with zero attached hydrogens (tertiary/aromatic N) is 1. The van der Waals surface area contributed by atoms with Gasteiger partial charge in [-0.15, -0.1) is 0 Å². The zero-order chi connectivity index (χ0) is 12.1. The molecule has 0 saturated carbocycles. The molecule has 0 aliphatic rings. The molecule has 0 aromatic heterocycles. The molecule has 5 heteroatoms. The molecule has 0 aliphatic heterocycles. The summed E-state index contributed by atoms with van der Waals surface area (Å²) < 4.78 is 10.3. The van der Waals surface area contributed by atoms with Gasteiger partial charge in [0.05, 0.1) is 13.2 Å². The molecule has 0 bridgehead atoms. The third-order valence-corrected chi connectivity index (χ3v) is 1.68. The predicted octanol–water partition coefficient (Wildman–Crippen LogP) is 1.21. The average molecular weight is 219 g/mol. The van der Waals surface area contributed by atoms with E-state index in [1.807, 2.05) is 0 Å². The van der Waals surface area contributed by atoms with Crippen molar-refractivity contribution in [3.05, 3.63) is 0 Å². The molecule has 1 amide bonds. The Kier molecular flexibility index (Phi) is 5.60. The first kappa shape index (κ1) is 14.2. The first-order valence-corrected chi connectivity index (χ1v) is 4.96. The molecule has 1 unspecified atom stereocenters. The van der Waals surface area contributed by atoms with Crippen LogP contribution in [-0.4, -0.2) is 48.2 Å². The van der Waals surface area contributed by atoms with E-state index in [9.17, 15) is 4.79 Å². The van der Waals surface area contributed by atoms with E-state index in [1.165, 1.54) is 4.90 Å². The highest BCUT2D eigenvalue weighted by atomic mass is 16.6. The van der Waals surface area contributed by atoms with Gasteiger partial charge in [0.2, 0.25) is 0 Å². The van der Waals surface area contributed by atoms with E-state index < -0.39 is 17.9 Å². The second-order valence-electron chi connectivity index (χ2n) is 4.28. The largest absolute Gasteiger partial charge is 0.444 e. The monoisotopic (exact) mass is 219 g/mol. The van der Waals surface area contributed by atoms with Gasteiger partial charge >= 0.3 is 6.09 Å². The van der Waals surface area contributed by atoms with Crippen molar-refractivity contribution < 1.29 is 19.4 Å². The summed E-state index contributed by atoms with van der Waals surface area (Å²) in [6.07, 6.45) is -0.847. The number of aliphatic hydroxyl groups is 1. The molecule has 0 spiro atoms. The van der Waals surface area contributed by atoms with Crippen LogP contribution in [0.1, 0.15) is 27.7 Å². The van der Waals surface area contributed by atoms with Crippen molar-refractivity contribution in [2.45, 2.75) is 39.5 Å². The molecule has 5 nitrogen and oxygen atoms in total. The van der Waals surface area contributed by atoms with E-state index in [0.29, 0.717) is 0 Å². The molecule has 0 aromatic rings. The molecule has 0 aromatic carbocycles. The molecule has 1 N–H and O–H groups in total. The number of carbonyl (C=O) groups excluding carboxylic acids is 1. The zero-order valence-corrected chi connectivity index (χ0v) is 10.1. The highest BCUT2D eigenvalue weighted by Gasteiger charge is 2.22. The summed E-state index contributed by atoms with van der Waals surface area (Å²) in [6.45, 7) is 7.27. The molecule has 0 radical (unpaired) electrons. The Morgan fingerprint density at radius 3 is 2.40 bits per heavy atom. The van der Waals surface area contributed by atoms with E-state index in [-0.39, 0.29) is 13.2 Å². The van der Waals surface area contributed by atoms with Crippen molar-refractivity contribution in [3.63, 3.8) is 0 Å². The van der Waals surface area contributed by atoms with Gasteiger partial charge in [0.1, 0.15) is 11.8 Å². The maximum Gasteiger partial charge on any atom is 0.412 e. The van der Waals surface area contributed by atoms with Gasteiger partial charge in [-0.1, -0.05) is 0 Å². The van der Waals surface area contributed by atoms with Crippen LogP contribution in [0.4, 0.5) is 4.79 Å².